The van der Waals surface area contributed by atoms with E-state index in [-0.39, 0.29) is 41.4 Å². The van der Waals surface area contributed by atoms with Crippen LogP contribution in [0.3, 0.4) is 0 Å². The molecule has 0 aliphatic heterocycles. The molecule has 0 aromatic carbocycles. The van der Waals surface area contributed by atoms with Crippen molar-refractivity contribution < 1.29 is 9.59 Å². The molecule has 0 bridgehead atoms. The molecule has 10 nitrogen and oxygen atoms in total. The third-order valence-corrected chi connectivity index (χ3v) is 7.95. The first-order valence-corrected chi connectivity index (χ1v) is 16.5. The van der Waals surface area contributed by atoms with Gasteiger partial charge >= 0.3 is 0 Å². The Balaban J connectivity index is 1.72. The fourth-order valence-electron chi connectivity index (χ4n) is 3.69. The van der Waals surface area contributed by atoms with Gasteiger partial charge in [0.2, 0.25) is 11.8 Å². The van der Waals surface area contributed by atoms with E-state index in [1.165, 1.54) is 11.0 Å². The second-order valence-corrected chi connectivity index (χ2v) is 12.5. The summed E-state index contributed by atoms with van der Waals surface area (Å²) in [5.41, 5.74) is 2.55. The topological polar surface area (TPSA) is 115 Å². The van der Waals surface area contributed by atoms with Crippen LogP contribution in [-0.2, 0) is 22.6 Å². The molecular weight excluding hydrogens is 616 g/mol. The lowest BCUT2D eigenvalue weighted by Crippen LogP contribution is -2.26. The molecule has 3 aromatic rings. The minimum atomic E-state index is -0.299. The highest BCUT2D eigenvalue weighted by atomic mass is 127. The number of unbranched alkanes of at least 4 members (excludes halogenated alkanes) is 1. The number of hydrogen-bond acceptors (Lipinski definition) is 6. The SMILES string of the molecule is CN(C)C(=O)/C=C/CCCC(=O)Nc1cccn(Cc2nc3c(CCC(C)(C)C)ncnc3n2PI)c1=O. The molecule has 12 heteroatoms. The summed E-state index contributed by atoms with van der Waals surface area (Å²) >= 11 is 2.29. The number of imidazole rings is 1. The maximum atomic E-state index is 13.1. The van der Waals surface area contributed by atoms with Gasteiger partial charge in [-0.2, -0.15) is 0 Å². The second kappa shape index (κ2) is 13.4. The molecule has 0 saturated heterocycles. The number of anilines is 1. The summed E-state index contributed by atoms with van der Waals surface area (Å²) in [6.07, 6.45) is 10.1. The molecule has 0 radical (unpaired) electrons. The van der Waals surface area contributed by atoms with Crippen molar-refractivity contribution in [2.45, 2.75) is 59.4 Å². The highest BCUT2D eigenvalue weighted by Gasteiger charge is 2.19. The van der Waals surface area contributed by atoms with Crippen molar-refractivity contribution in [3.8, 4) is 0 Å². The Morgan fingerprint density at radius 1 is 1.24 bits per heavy atom. The predicted molar refractivity (Wildman–Crippen MR) is 161 cm³/mol. The van der Waals surface area contributed by atoms with E-state index in [0.29, 0.717) is 19.2 Å². The number of halogens is 1. The molecular formula is C26H35IN7O3P. The number of fused-ring (bicyclic) bond motifs is 1. The van der Waals surface area contributed by atoms with E-state index in [4.69, 9.17) is 4.98 Å². The molecule has 2 amide bonds. The molecule has 1 unspecified atom stereocenters. The maximum Gasteiger partial charge on any atom is 0.274 e. The van der Waals surface area contributed by atoms with E-state index in [0.717, 1.165) is 35.5 Å². The standard InChI is InChI=1S/C26H35IN7O3P/c1-26(2,3)14-13-18-23-24(29-17-28-18)34(38-27)20(31-23)16-33-15-9-10-19(25(33)37)30-21(35)11-7-6-8-12-22(36)32(4)5/h8-10,12,15,17,38H,6-7,11,13-14,16H2,1-5H3,(H,30,35)/b12-8+. The average Bonchev–Trinajstić information content (AvgIpc) is 3.21. The Morgan fingerprint density at radius 3 is 2.68 bits per heavy atom. The molecule has 1 N–H and O–H groups in total. The first kappa shape index (κ1) is 29.9. The Morgan fingerprint density at radius 2 is 2.00 bits per heavy atom. The molecule has 3 heterocycles. The van der Waals surface area contributed by atoms with Crippen LogP contribution in [0.4, 0.5) is 5.69 Å². The minimum absolute atomic E-state index is 0.0934. The van der Waals surface area contributed by atoms with Gasteiger partial charge < -0.3 is 14.8 Å². The third kappa shape index (κ3) is 8.17. The fourth-order valence-corrected chi connectivity index (χ4v) is 5.67. The largest absolute Gasteiger partial charge is 0.345 e. The molecule has 0 saturated carbocycles. The van der Waals surface area contributed by atoms with Crippen LogP contribution in [0.25, 0.3) is 11.2 Å². The Labute approximate surface area is 237 Å². The van der Waals surface area contributed by atoms with Crippen molar-refractivity contribution in [2.24, 2.45) is 5.41 Å². The monoisotopic (exact) mass is 651 g/mol. The number of likely N-dealkylation sites (N-methyl/N-ethyl adjacent to an activating group) is 1. The maximum absolute atomic E-state index is 13.1. The van der Waals surface area contributed by atoms with Crippen LogP contribution in [-0.4, -0.2) is 54.7 Å². The zero-order valence-electron chi connectivity index (χ0n) is 22.5. The van der Waals surface area contributed by atoms with Gasteiger partial charge in [-0.1, -0.05) is 26.8 Å². The van der Waals surface area contributed by atoms with Crippen LogP contribution >= 0.6 is 28.4 Å². The van der Waals surface area contributed by atoms with Gasteiger partial charge in [0.15, 0.2) is 5.65 Å². The second-order valence-electron chi connectivity index (χ2n) is 10.4. The normalized spacial score (nSPS) is 12.2. The Kier molecular flexibility index (Phi) is 10.6. The zero-order chi connectivity index (χ0) is 27.9. The molecule has 38 heavy (non-hydrogen) atoms. The van der Waals surface area contributed by atoms with E-state index < -0.39 is 0 Å². The number of allylic oxidation sites excluding steroid dienone is 1. The van der Waals surface area contributed by atoms with Crippen LogP contribution in [0.2, 0.25) is 0 Å². The molecule has 0 aliphatic carbocycles. The van der Waals surface area contributed by atoms with Gasteiger partial charge in [0, 0.05) is 26.7 Å². The van der Waals surface area contributed by atoms with Gasteiger partial charge in [0.05, 0.1) is 18.6 Å². The van der Waals surface area contributed by atoms with Crippen molar-refractivity contribution in [1.29, 1.82) is 0 Å². The van der Waals surface area contributed by atoms with Gasteiger partial charge in [0.1, 0.15) is 23.4 Å². The summed E-state index contributed by atoms with van der Waals surface area (Å²) in [4.78, 5) is 52.5. The summed E-state index contributed by atoms with van der Waals surface area (Å²) in [7, 11) is 3.37. The number of pyridine rings is 1. The quantitative estimate of drug-likeness (QED) is 0.141. The summed E-state index contributed by atoms with van der Waals surface area (Å²) in [6, 6.07) is 3.34. The number of carbonyl (C=O) groups excluding carboxylic acids is 2. The number of nitrogens with zero attached hydrogens (tertiary/aromatic N) is 6. The van der Waals surface area contributed by atoms with Crippen LogP contribution in [0.1, 0.15) is 58.0 Å². The first-order valence-electron chi connectivity index (χ1n) is 12.4. The smallest absolute Gasteiger partial charge is 0.274 e. The van der Waals surface area contributed by atoms with Gasteiger partial charge in [-0.3, -0.25) is 18.7 Å². The minimum Gasteiger partial charge on any atom is -0.345 e. The summed E-state index contributed by atoms with van der Waals surface area (Å²) in [5.74, 6) is 0.380. The number of aryl methyl sites for hydroxylation is 1. The Bertz CT molecular complexity index is 1380. The number of aromatic nitrogens is 5. The van der Waals surface area contributed by atoms with E-state index >= 15 is 0 Å². The number of amides is 2. The van der Waals surface area contributed by atoms with Crippen molar-refractivity contribution in [3.05, 3.63) is 58.7 Å². The average molecular weight is 651 g/mol. The Hall–Kier alpha value is -2.66. The van der Waals surface area contributed by atoms with Crippen molar-refractivity contribution >= 4 is 57.1 Å². The van der Waals surface area contributed by atoms with Crippen LogP contribution < -0.4 is 10.9 Å². The van der Waals surface area contributed by atoms with Crippen LogP contribution in [0.5, 0.6) is 0 Å². The zero-order valence-corrected chi connectivity index (χ0v) is 25.7. The molecule has 0 aliphatic rings. The number of nitrogens with one attached hydrogen (secondary N) is 1. The van der Waals surface area contributed by atoms with E-state index in [9.17, 15) is 14.4 Å². The highest BCUT2D eigenvalue weighted by Crippen LogP contribution is 2.32. The molecule has 0 fully saturated rings. The van der Waals surface area contributed by atoms with Gasteiger partial charge in [-0.05, 0) is 71.3 Å². The van der Waals surface area contributed by atoms with Crippen molar-refractivity contribution in [2.75, 3.05) is 19.4 Å². The number of hydrogen-bond donors (Lipinski definition) is 1. The van der Waals surface area contributed by atoms with Gasteiger partial charge in [-0.15, -0.1) is 0 Å². The van der Waals surface area contributed by atoms with Crippen LogP contribution in [0, 0.1) is 5.41 Å². The molecule has 3 aromatic heterocycles. The summed E-state index contributed by atoms with van der Waals surface area (Å²) in [6.45, 7) is 6.85. The molecule has 3 rings (SSSR count). The van der Waals surface area contributed by atoms with E-state index in [1.807, 2.05) is 4.34 Å². The number of rotatable bonds is 11. The molecule has 204 valence electrons. The predicted octanol–water partition coefficient (Wildman–Crippen LogP) is 4.56. The number of carbonyl (C=O) groups is 2. The molecule has 1 atom stereocenters. The van der Waals surface area contributed by atoms with Gasteiger partial charge in [-0.25, -0.2) is 15.0 Å². The van der Waals surface area contributed by atoms with E-state index in [2.05, 4.69) is 58.1 Å². The van der Waals surface area contributed by atoms with Gasteiger partial charge in [0.25, 0.3) is 5.56 Å². The summed E-state index contributed by atoms with van der Waals surface area (Å²) < 4.78 is 3.56. The summed E-state index contributed by atoms with van der Waals surface area (Å²) in [5, 5.41) is 2.73. The van der Waals surface area contributed by atoms with Crippen LogP contribution in [0.15, 0.2) is 41.6 Å². The lowest BCUT2D eigenvalue weighted by atomic mass is 9.90. The van der Waals surface area contributed by atoms with Crippen molar-refractivity contribution in [1.82, 2.24) is 28.8 Å². The lowest BCUT2D eigenvalue weighted by Gasteiger charge is -2.17. The van der Waals surface area contributed by atoms with Crippen molar-refractivity contribution in [3.63, 3.8) is 0 Å². The third-order valence-electron chi connectivity index (χ3n) is 5.87. The first-order chi connectivity index (χ1) is 18.0. The highest BCUT2D eigenvalue weighted by molar-refractivity contribution is 14.2. The lowest BCUT2D eigenvalue weighted by molar-refractivity contribution is -0.123. The van der Waals surface area contributed by atoms with E-state index in [1.54, 1.807) is 49.4 Å². The fraction of sp³-hybridized carbons (Fsp3) is 0.462. The molecule has 0 spiro atoms.